The zero-order chi connectivity index (χ0) is 7.41. The van der Waals surface area contributed by atoms with Crippen LogP contribution in [0.25, 0.3) is 0 Å². The Kier molecular flexibility index (Phi) is 272. The minimum atomic E-state index is 0. The zero-order valence-corrected chi connectivity index (χ0v) is 6.36. The van der Waals surface area contributed by atoms with Gasteiger partial charge in [-0.2, -0.15) is 0 Å². The van der Waals surface area contributed by atoms with Crippen LogP contribution >= 0.6 is 0 Å². The predicted molar refractivity (Wildman–Crippen MR) is 46.1 cm³/mol. The van der Waals surface area contributed by atoms with Gasteiger partial charge in [0.05, 0.1) is 0 Å². The maximum Gasteiger partial charge on any atom is -0.00172 e. The second-order valence-electron chi connectivity index (χ2n) is 0.697. The number of rotatable bonds is 0. The van der Waals surface area contributed by atoms with Crippen molar-refractivity contribution in [3.63, 3.8) is 0 Å². The van der Waals surface area contributed by atoms with Gasteiger partial charge in [-0.05, 0) is 13.6 Å². The van der Waals surface area contributed by atoms with Crippen LogP contribution in [0.15, 0.2) is 0 Å². The summed E-state index contributed by atoms with van der Waals surface area (Å²) < 4.78 is 0. The first-order valence-corrected chi connectivity index (χ1v) is 2.90. The predicted octanol–water partition coefficient (Wildman–Crippen LogP) is 0.707. The Balaban J connectivity index is -0.0000000202. The molecule has 0 rings (SSSR count). The molecule has 0 atom stereocenters. The summed E-state index contributed by atoms with van der Waals surface area (Å²) in [5.41, 5.74) is 7.10. The zero-order valence-electron chi connectivity index (χ0n) is 6.36. The quantitative estimate of drug-likeness (QED) is 0.340. The molecule has 0 aliphatic rings. The molecular weight excluding hydrogens is 114 g/mol. The molecule has 0 unspecified atom stereocenters. The van der Waals surface area contributed by atoms with Crippen molar-refractivity contribution in [2.75, 3.05) is 13.6 Å². The van der Waals surface area contributed by atoms with Gasteiger partial charge in [0.25, 0.3) is 0 Å². The van der Waals surface area contributed by atoms with Gasteiger partial charge in [0.2, 0.25) is 0 Å². The highest BCUT2D eigenvalue weighted by atomic mass is 15.2. The molecule has 0 aromatic carbocycles. The molecular formula is C6H23N3. The Morgan fingerprint density at radius 2 is 1.33 bits per heavy atom. The van der Waals surface area contributed by atoms with Crippen molar-refractivity contribution in [2.45, 2.75) is 28.2 Å². The lowest BCUT2D eigenvalue weighted by Gasteiger charge is -1.62. The summed E-state index contributed by atoms with van der Waals surface area (Å²) in [4.78, 5) is 0. The fourth-order valence-corrected chi connectivity index (χ4v) is 0. The van der Waals surface area contributed by atoms with Gasteiger partial charge in [-0.3, -0.25) is 11.3 Å². The average molecular weight is 137 g/mol. The van der Waals surface area contributed by atoms with Crippen LogP contribution in [0.1, 0.15) is 28.2 Å². The standard InChI is InChI=1S/C2H7N.C2H6.CH6N2.CH4/c1-2-3;1-2;1-3-2;/h2-3H2,1H3;1-2H3;3H,2H2,1H3;1H4. The Bertz CT molecular complexity index is 10.3. The maximum atomic E-state index is 4.85. The van der Waals surface area contributed by atoms with Gasteiger partial charge < -0.3 is 5.73 Å². The van der Waals surface area contributed by atoms with Crippen LogP contribution in [0.2, 0.25) is 0 Å². The third kappa shape index (κ3) is 18900. The molecule has 0 saturated carbocycles. The first kappa shape index (κ1) is 23.2. The lowest BCUT2D eigenvalue weighted by atomic mass is 10.8. The van der Waals surface area contributed by atoms with Crippen LogP contribution in [-0.2, 0) is 0 Å². The van der Waals surface area contributed by atoms with E-state index in [-0.39, 0.29) is 7.43 Å². The Morgan fingerprint density at radius 1 is 1.33 bits per heavy atom. The summed E-state index contributed by atoms with van der Waals surface area (Å²) in [6.07, 6.45) is 0. The van der Waals surface area contributed by atoms with Crippen LogP contribution in [0.4, 0.5) is 0 Å². The van der Waals surface area contributed by atoms with Gasteiger partial charge in [-0.1, -0.05) is 28.2 Å². The number of hydrazine groups is 1. The van der Waals surface area contributed by atoms with Crippen molar-refractivity contribution < 1.29 is 0 Å². The smallest absolute Gasteiger partial charge is 0.00172 e. The Morgan fingerprint density at radius 3 is 1.33 bits per heavy atom. The first-order chi connectivity index (χ1) is 3.83. The van der Waals surface area contributed by atoms with Crippen molar-refractivity contribution in [1.29, 1.82) is 0 Å². The fraction of sp³-hybridized carbons (Fsp3) is 1.00. The normalized spacial score (nSPS) is 4.67. The lowest BCUT2D eigenvalue weighted by molar-refractivity contribution is 0.900. The minimum Gasteiger partial charge on any atom is -0.331 e. The SMILES string of the molecule is C.CC.CCN.CNN. The van der Waals surface area contributed by atoms with Crippen molar-refractivity contribution in [1.82, 2.24) is 5.43 Å². The first-order valence-electron chi connectivity index (χ1n) is 2.90. The van der Waals surface area contributed by atoms with Gasteiger partial charge in [0.1, 0.15) is 0 Å². The number of nitrogens with two attached hydrogens (primary N) is 2. The van der Waals surface area contributed by atoms with Crippen LogP contribution in [0.3, 0.4) is 0 Å². The van der Waals surface area contributed by atoms with Crippen molar-refractivity contribution in [2.24, 2.45) is 11.6 Å². The van der Waals surface area contributed by atoms with Crippen LogP contribution in [0, 0.1) is 0 Å². The van der Waals surface area contributed by atoms with Gasteiger partial charge in [-0.15, -0.1) is 0 Å². The molecule has 0 aromatic rings. The van der Waals surface area contributed by atoms with Crippen molar-refractivity contribution >= 4 is 0 Å². The van der Waals surface area contributed by atoms with Gasteiger partial charge in [0, 0.05) is 0 Å². The van der Waals surface area contributed by atoms with E-state index < -0.39 is 0 Å². The van der Waals surface area contributed by atoms with E-state index in [0.717, 1.165) is 6.54 Å². The topological polar surface area (TPSA) is 64.1 Å². The highest BCUT2D eigenvalue weighted by Crippen LogP contribution is 1.20. The summed E-state index contributed by atoms with van der Waals surface area (Å²) in [7, 11) is 1.65. The minimum absolute atomic E-state index is 0. The summed E-state index contributed by atoms with van der Waals surface area (Å²) in [5.74, 6) is 4.60. The van der Waals surface area contributed by atoms with Crippen molar-refractivity contribution in [3.8, 4) is 0 Å². The summed E-state index contributed by atoms with van der Waals surface area (Å²) in [6.45, 7) is 6.65. The number of hydrogen-bond donors (Lipinski definition) is 3. The van der Waals surface area contributed by atoms with Crippen LogP contribution in [-0.4, -0.2) is 13.6 Å². The average Bonchev–Trinajstić information content (AvgIpc) is 1.75. The second-order valence-corrected chi connectivity index (χ2v) is 0.697. The molecule has 0 radical (unpaired) electrons. The molecule has 3 nitrogen and oxygen atoms in total. The van der Waals surface area contributed by atoms with Gasteiger partial charge in [0.15, 0.2) is 0 Å². The molecule has 0 spiro atoms. The third-order valence-electron chi connectivity index (χ3n) is 0. The van der Waals surface area contributed by atoms with Gasteiger partial charge in [-0.25, -0.2) is 0 Å². The summed E-state index contributed by atoms with van der Waals surface area (Å²) in [6, 6.07) is 0. The van der Waals surface area contributed by atoms with E-state index in [2.05, 4.69) is 11.3 Å². The Labute approximate surface area is 59.8 Å². The molecule has 0 heterocycles. The largest absolute Gasteiger partial charge is 0.331 e. The molecule has 0 aromatic heterocycles. The summed E-state index contributed by atoms with van der Waals surface area (Å²) >= 11 is 0. The van der Waals surface area contributed by atoms with Crippen LogP contribution < -0.4 is 17.0 Å². The number of hydrogen-bond acceptors (Lipinski definition) is 3. The van der Waals surface area contributed by atoms with E-state index in [0.29, 0.717) is 0 Å². The molecule has 62 valence electrons. The number of nitrogens with one attached hydrogen (secondary N) is 1. The molecule has 3 heteroatoms. The summed E-state index contributed by atoms with van der Waals surface area (Å²) in [5, 5.41) is 0. The fourth-order valence-electron chi connectivity index (χ4n) is 0. The molecule has 0 fully saturated rings. The highest BCUT2D eigenvalue weighted by Gasteiger charge is 1.32. The second kappa shape index (κ2) is 106. The molecule has 0 aliphatic carbocycles. The van der Waals surface area contributed by atoms with Gasteiger partial charge >= 0.3 is 0 Å². The van der Waals surface area contributed by atoms with E-state index >= 15 is 0 Å². The van der Waals surface area contributed by atoms with E-state index in [1.54, 1.807) is 7.05 Å². The molecule has 5 N–H and O–H groups in total. The molecule has 0 bridgehead atoms. The van der Waals surface area contributed by atoms with Crippen LogP contribution in [0.5, 0.6) is 0 Å². The van der Waals surface area contributed by atoms with E-state index in [4.69, 9.17) is 5.73 Å². The van der Waals surface area contributed by atoms with E-state index in [1.807, 2.05) is 20.8 Å². The van der Waals surface area contributed by atoms with E-state index in [1.165, 1.54) is 0 Å². The molecule has 0 aliphatic heterocycles. The third-order valence-corrected chi connectivity index (χ3v) is 0. The Hall–Kier alpha value is -0.120. The molecule has 9 heavy (non-hydrogen) atoms. The monoisotopic (exact) mass is 137 g/mol. The molecule has 0 saturated heterocycles. The van der Waals surface area contributed by atoms with Crippen molar-refractivity contribution in [3.05, 3.63) is 0 Å². The highest BCUT2D eigenvalue weighted by molar-refractivity contribution is 4.00. The lowest BCUT2D eigenvalue weighted by Crippen LogP contribution is -2.13. The molecule has 0 amide bonds. The maximum absolute atomic E-state index is 4.85. The van der Waals surface area contributed by atoms with E-state index in [9.17, 15) is 0 Å².